The van der Waals surface area contributed by atoms with Gasteiger partial charge in [0.2, 0.25) is 0 Å². The minimum atomic E-state index is -0.135. The van der Waals surface area contributed by atoms with Gasteiger partial charge in [-0.25, -0.2) is 0 Å². The summed E-state index contributed by atoms with van der Waals surface area (Å²) < 4.78 is 0. The molecule has 0 fully saturated rings. The fourth-order valence-corrected chi connectivity index (χ4v) is 2.12. The van der Waals surface area contributed by atoms with Crippen molar-refractivity contribution in [3.8, 4) is 0 Å². The molecule has 0 bridgehead atoms. The SMILES string of the molecule is CCN1Cc2[nH]c(=O)sc2C1=O. The molecular formula is C7H8N2O2S. The smallest absolute Gasteiger partial charge is 0.305 e. The highest BCUT2D eigenvalue weighted by molar-refractivity contribution is 7.11. The lowest BCUT2D eigenvalue weighted by Crippen LogP contribution is -2.23. The van der Waals surface area contributed by atoms with E-state index >= 15 is 0 Å². The first-order valence-electron chi connectivity index (χ1n) is 3.73. The lowest BCUT2D eigenvalue weighted by atomic mass is 10.4. The van der Waals surface area contributed by atoms with Crippen molar-refractivity contribution in [3.63, 3.8) is 0 Å². The second kappa shape index (κ2) is 2.45. The topological polar surface area (TPSA) is 53.2 Å². The van der Waals surface area contributed by atoms with E-state index in [0.29, 0.717) is 18.0 Å². The van der Waals surface area contributed by atoms with Gasteiger partial charge in [-0.2, -0.15) is 0 Å². The first-order chi connectivity index (χ1) is 5.72. The van der Waals surface area contributed by atoms with Crippen LogP contribution in [0.4, 0.5) is 0 Å². The average Bonchev–Trinajstić information content (AvgIpc) is 2.51. The Balaban J connectivity index is 2.45. The van der Waals surface area contributed by atoms with E-state index in [9.17, 15) is 9.59 Å². The van der Waals surface area contributed by atoms with Crippen LogP contribution in [0.3, 0.4) is 0 Å². The molecule has 4 nitrogen and oxygen atoms in total. The molecule has 2 heterocycles. The highest BCUT2D eigenvalue weighted by Crippen LogP contribution is 2.21. The van der Waals surface area contributed by atoms with Gasteiger partial charge in [-0.3, -0.25) is 9.59 Å². The number of aromatic amines is 1. The van der Waals surface area contributed by atoms with Crippen molar-refractivity contribution in [2.24, 2.45) is 0 Å². The quantitative estimate of drug-likeness (QED) is 0.687. The Bertz CT molecular complexity index is 379. The number of hydrogen-bond donors (Lipinski definition) is 1. The number of thiazole rings is 1. The monoisotopic (exact) mass is 184 g/mol. The van der Waals surface area contributed by atoms with Gasteiger partial charge in [0, 0.05) is 6.54 Å². The third kappa shape index (κ3) is 0.896. The molecule has 1 aliphatic heterocycles. The summed E-state index contributed by atoms with van der Waals surface area (Å²) in [5.74, 6) is -0.0177. The number of carbonyl (C=O) groups excluding carboxylic acids is 1. The third-order valence-electron chi connectivity index (χ3n) is 1.93. The maximum Gasteiger partial charge on any atom is 0.305 e. The summed E-state index contributed by atoms with van der Waals surface area (Å²) in [4.78, 5) is 27.1. The van der Waals surface area contributed by atoms with Gasteiger partial charge < -0.3 is 9.88 Å². The molecule has 0 aliphatic carbocycles. The van der Waals surface area contributed by atoms with Crippen LogP contribution >= 0.6 is 11.3 Å². The number of aromatic nitrogens is 1. The Kier molecular flexibility index (Phi) is 1.54. The molecule has 1 N–H and O–H groups in total. The van der Waals surface area contributed by atoms with E-state index < -0.39 is 0 Å². The van der Waals surface area contributed by atoms with Crippen LogP contribution in [0.2, 0.25) is 0 Å². The highest BCUT2D eigenvalue weighted by Gasteiger charge is 2.28. The van der Waals surface area contributed by atoms with Gasteiger partial charge in [0.15, 0.2) is 0 Å². The van der Waals surface area contributed by atoms with E-state index in [1.165, 1.54) is 0 Å². The Morgan fingerprint density at radius 3 is 2.92 bits per heavy atom. The maximum atomic E-state index is 11.4. The van der Waals surface area contributed by atoms with Gasteiger partial charge >= 0.3 is 4.87 Å². The molecule has 0 radical (unpaired) electrons. The van der Waals surface area contributed by atoms with Crippen LogP contribution in [0.25, 0.3) is 0 Å². The summed E-state index contributed by atoms with van der Waals surface area (Å²) in [6.07, 6.45) is 0. The van der Waals surface area contributed by atoms with Crippen molar-refractivity contribution in [1.29, 1.82) is 0 Å². The lowest BCUT2D eigenvalue weighted by molar-refractivity contribution is 0.0790. The molecule has 0 aromatic carbocycles. The summed E-state index contributed by atoms with van der Waals surface area (Å²) in [5, 5.41) is 0. The highest BCUT2D eigenvalue weighted by atomic mass is 32.1. The third-order valence-corrected chi connectivity index (χ3v) is 2.85. The summed E-state index contributed by atoms with van der Waals surface area (Å²) in [5.41, 5.74) is 0.775. The van der Waals surface area contributed by atoms with Crippen LogP contribution in [0.15, 0.2) is 4.79 Å². The van der Waals surface area contributed by atoms with Crippen molar-refractivity contribution >= 4 is 17.2 Å². The molecule has 0 saturated heterocycles. The Morgan fingerprint density at radius 1 is 1.58 bits per heavy atom. The van der Waals surface area contributed by atoms with E-state index in [-0.39, 0.29) is 10.8 Å². The van der Waals surface area contributed by atoms with Crippen LogP contribution in [-0.2, 0) is 6.54 Å². The predicted octanol–water partition coefficient (Wildman–Crippen LogP) is 0.412. The van der Waals surface area contributed by atoms with Gasteiger partial charge in [0.25, 0.3) is 5.91 Å². The maximum absolute atomic E-state index is 11.4. The number of carbonyl (C=O) groups is 1. The molecule has 64 valence electrons. The number of hydrogen-bond acceptors (Lipinski definition) is 3. The van der Waals surface area contributed by atoms with Crippen LogP contribution in [0.1, 0.15) is 22.3 Å². The van der Waals surface area contributed by atoms with Crippen LogP contribution < -0.4 is 4.87 Å². The second-order valence-corrected chi connectivity index (χ2v) is 3.62. The van der Waals surface area contributed by atoms with Gasteiger partial charge in [-0.05, 0) is 6.92 Å². The lowest BCUT2D eigenvalue weighted by Gasteiger charge is -2.10. The number of nitrogens with zero attached hydrogens (tertiary/aromatic N) is 1. The minimum Gasteiger partial charge on any atom is -0.332 e. The molecule has 0 saturated carbocycles. The molecule has 1 aromatic heterocycles. The Hall–Kier alpha value is -1.10. The first kappa shape index (κ1) is 7.54. The van der Waals surface area contributed by atoms with Gasteiger partial charge in [-0.1, -0.05) is 11.3 Å². The van der Waals surface area contributed by atoms with E-state index in [0.717, 1.165) is 17.0 Å². The van der Waals surface area contributed by atoms with Crippen LogP contribution in [0.5, 0.6) is 0 Å². The van der Waals surface area contributed by atoms with Crippen LogP contribution in [0, 0.1) is 0 Å². The Labute approximate surface area is 72.8 Å². The van der Waals surface area contributed by atoms with Gasteiger partial charge in [0.05, 0.1) is 12.2 Å². The molecule has 2 rings (SSSR count). The zero-order valence-corrected chi connectivity index (χ0v) is 7.40. The fraction of sp³-hybridized carbons (Fsp3) is 0.429. The molecule has 1 amide bonds. The molecule has 12 heavy (non-hydrogen) atoms. The van der Waals surface area contributed by atoms with E-state index in [1.807, 2.05) is 6.92 Å². The number of nitrogens with one attached hydrogen (secondary N) is 1. The summed E-state index contributed by atoms with van der Waals surface area (Å²) in [6.45, 7) is 3.18. The summed E-state index contributed by atoms with van der Waals surface area (Å²) >= 11 is 1.00. The molecule has 0 unspecified atom stereocenters. The van der Waals surface area contributed by atoms with Gasteiger partial charge in [0.1, 0.15) is 4.88 Å². The van der Waals surface area contributed by atoms with E-state index in [4.69, 9.17) is 0 Å². The molecule has 0 atom stereocenters. The van der Waals surface area contributed by atoms with E-state index in [2.05, 4.69) is 4.98 Å². The first-order valence-corrected chi connectivity index (χ1v) is 4.55. The standard InChI is InChI=1S/C7H8N2O2S/c1-2-9-3-4-5(6(9)10)12-7(11)8-4/h2-3H2,1H3,(H,8,11). The number of rotatable bonds is 1. The number of amides is 1. The zero-order chi connectivity index (χ0) is 8.72. The molecule has 1 aliphatic rings. The number of H-pyrrole nitrogens is 1. The summed E-state index contributed by atoms with van der Waals surface area (Å²) in [6, 6.07) is 0. The van der Waals surface area contributed by atoms with Gasteiger partial charge in [-0.15, -0.1) is 0 Å². The molecule has 1 aromatic rings. The largest absolute Gasteiger partial charge is 0.332 e. The van der Waals surface area contributed by atoms with Crippen molar-refractivity contribution in [3.05, 3.63) is 20.2 Å². The minimum absolute atomic E-state index is 0.0177. The van der Waals surface area contributed by atoms with Crippen molar-refractivity contribution < 1.29 is 4.79 Å². The average molecular weight is 184 g/mol. The number of fused-ring (bicyclic) bond motifs is 1. The fourth-order valence-electron chi connectivity index (χ4n) is 1.31. The molecule has 5 heteroatoms. The van der Waals surface area contributed by atoms with Crippen molar-refractivity contribution in [1.82, 2.24) is 9.88 Å². The Morgan fingerprint density at radius 2 is 2.33 bits per heavy atom. The van der Waals surface area contributed by atoms with Crippen LogP contribution in [-0.4, -0.2) is 22.3 Å². The second-order valence-electron chi connectivity index (χ2n) is 2.64. The molecule has 0 spiro atoms. The summed E-state index contributed by atoms with van der Waals surface area (Å²) in [7, 11) is 0. The van der Waals surface area contributed by atoms with E-state index in [1.54, 1.807) is 4.90 Å². The zero-order valence-electron chi connectivity index (χ0n) is 6.59. The normalized spacial score (nSPS) is 15.4. The van der Waals surface area contributed by atoms with Crippen molar-refractivity contribution in [2.45, 2.75) is 13.5 Å². The predicted molar refractivity (Wildman–Crippen MR) is 45.4 cm³/mol. The van der Waals surface area contributed by atoms with Crippen molar-refractivity contribution in [2.75, 3.05) is 6.54 Å². The molecular weight excluding hydrogens is 176 g/mol.